The van der Waals surface area contributed by atoms with Crippen molar-refractivity contribution in [3.8, 4) is 17.2 Å². The molecule has 2 nitrogen and oxygen atoms in total. The molecule has 1 aliphatic heterocycles. The summed E-state index contributed by atoms with van der Waals surface area (Å²) in [6, 6.07) is 3.60. The molecule has 0 radical (unpaired) electrons. The Balaban J connectivity index is 1.52. The van der Waals surface area contributed by atoms with Crippen molar-refractivity contribution in [1.29, 1.82) is 0 Å². The van der Waals surface area contributed by atoms with Gasteiger partial charge in [0.25, 0.3) is 0 Å². The van der Waals surface area contributed by atoms with Crippen LogP contribution in [0.1, 0.15) is 70.3 Å². The van der Waals surface area contributed by atoms with E-state index in [-0.39, 0.29) is 5.75 Å². The van der Waals surface area contributed by atoms with Gasteiger partial charge in [-0.3, -0.25) is 0 Å². The minimum atomic E-state index is 0.250. The molecule has 0 aliphatic carbocycles. The average Bonchev–Trinajstić information content (AvgIpc) is 3.24. The van der Waals surface area contributed by atoms with Crippen LogP contribution in [0.2, 0.25) is 0 Å². The van der Waals surface area contributed by atoms with Crippen LogP contribution in [-0.4, -0.2) is 5.11 Å². The van der Waals surface area contributed by atoms with Crippen LogP contribution in [0.4, 0.5) is 0 Å². The van der Waals surface area contributed by atoms with Crippen molar-refractivity contribution in [2.75, 3.05) is 0 Å². The number of phenolic OH excluding ortho intramolecular Hbond substituents is 1. The number of allylic oxidation sites excluding steroid dienone is 1. The summed E-state index contributed by atoms with van der Waals surface area (Å²) in [6.45, 7) is 2.26. The first-order valence-corrected chi connectivity index (χ1v) is 8.03. The number of hydrogen-bond donors (Lipinski definition) is 1. The molecule has 0 aromatic heterocycles. The fourth-order valence-corrected chi connectivity index (χ4v) is 2.49. The number of fused-ring (bicyclic) bond motifs is 1. The van der Waals surface area contributed by atoms with Gasteiger partial charge in [-0.15, -0.1) is 0 Å². The highest BCUT2D eigenvalue weighted by Gasteiger charge is 2.27. The van der Waals surface area contributed by atoms with Crippen molar-refractivity contribution in [3.63, 3.8) is 0 Å². The molecular weight excluding hydrogens is 248 g/mol. The van der Waals surface area contributed by atoms with Crippen molar-refractivity contribution in [1.82, 2.24) is 0 Å². The highest BCUT2D eigenvalue weighted by atomic mass is 16.6. The van der Waals surface area contributed by atoms with E-state index in [4.69, 9.17) is 4.74 Å². The number of ether oxygens (including phenoxy) is 1. The monoisotopic (exact) mass is 274 g/mol. The van der Waals surface area contributed by atoms with Gasteiger partial charge in [-0.1, -0.05) is 64.0 Å². The van der Waals surface area contributed by atoms with Crippen LogP contribution in [0.25, 0.3) is 6.08 Å². The highest BCUT2D eigenvalue weighted by Crippen LogP contribution is 2.54. The molecule has 0 saturated heterocycles. The lowest BCUT2D eigenvalue weighted by Crippen LogP contribution is -1.79. The molecule has 20 heavy (non-hydrogen) atoms. The van der Waals surface area contributed by atoms with E-state index >= 15 is 0 Å². The number of hydrogen-bond acceptors (Lipinski definition) is 2. The highest BCUT2D eigenvalue weighted by molar-refractivity contribution is 5.74. The lowest BCUT2D eigenvalue weighted by atomic mass is 10.1. The maximum absolute atomic E-state index is 9.39. The van der Waals surface area contributed by atoms with E-state index in [1.165, 1.54) is 51.4 Å². The zero-order chi connectivity index (χ0) is 14.2. The van der Waals surface area contributed by atoms with Gasteiger partial charge in [-0.05, 0) is 25.0 Å². The summed E-state index contributed by atoms with van der Waals surface area (Å²) in [4.78, 5) is 0. The fraction of sp³-hybridized carbons (Fsp3) is 0.556. The fourth-order valence-electron chi connectivity index (χ4n) is 2.49. The molecule has 2 rings (SSSR count). The third-order valence-electron chi connectivity index (χ3n) is 3.81. The Bertz CT molecular complexity index is 449. The molecule has 0 amide bonds. The molecule has 110 valence electrons. The number of aromatic hydroxyl groups is 1. The van der Waals surface area contributed by atoms with Gasteiger partial charge in [-0.25, -0.2) is 0 Å². The Morgan fingerprint density at radius 1 is 0.950 bits per heavy atom. The predicted octanol–water partition coefficient (Wildman–Crippen LogP) is 6.04. The van der Waals surface area contributed by atoms with Gasteiger partial charge in [0.05, 0.1) is 0 Å². The molecule has 1 N–H and O–H groups in total. The second-order valence-corrected chi connectivity index (χ2v) is 5.60. The van der Waals surface area contributed by atoms with Crippen LogP contribution in [0.3, 0.4) is 0 Å². The second-order valence-electron chi connectivity index (χ2n) is 5.60. The third-order valence-corrected chi connectivity index (χ3v) is 3.81. The van der Waals surface area contributed by atoms with Crippen molar-refractivity contribution in [3.05, 3.63) is 23.8 Å². The summed E-state index contributed by atoms with van der Waals surface area (Å²) in [6.07, 6.45) is 16.3. The molecule has 0 fully saturated rings. The first kappa shape index (κ1) is 15.0. The van der Waals surface area contributed by atoms with Crippen LogP contribution in [0.5, 0.6) is 17.2 Å². The first-order valence-electron chi connectivity index (χ1n) is 8.03. The minimum absolute atomic E-state index is 0.250. The Morgan fingerprint density at radius 2 is 1.65 bits per heavy atom. The molecule has 0 unspecified atom stereocenters. The van der Waals surface area contributed by atoms with E-state index in [9.17, 15) is 5.11 Å². The SMILES string of the molecule is CCCCCCCCCCC=Cc1ccc(O)c2c1O2. The first-order chi connectivity index (χ1) is 9.83. The summed E-state index contributed by atoms with van der Waals surface area (Å²) >= 11 is 0. The Labute approximate surface area is 122 Å². The van der Waals surface area contributed by atoms with Gasteiger partial charge in [0.2, 0.25) is 5.75 Å². The Morgan fingerprint density at radius 3 is 2.40 bits per heavy atom. The summed E-state index contributed by atoms with van der Waals surface area (Å²) in [5.41, 5.74) is 1.08. The number of rotatable bonds is 10. The van der Waals surface area contributed by atoms with Gasteiger partial charge in [0, 0.05) is 5.56 Å². The van der Waals surface area contributed by atoms with E-state index < -0.39 is 0 Å². The predicted molar refractivity (Wildman–Crippen MR) is 84.4 cm³/mol. The number of phenols is 1. The molecule has 2 heteroatoms. The van der Waals surface area contributed by atoms with Crippen molar-refractivity contribution >= 4 is 6.08 Å². The molecular formula is C18H26O2. The van der Waals surface area contributed by atoms with E-state index in [0.29, 0.717) is 5.75 Å². The van der Waals surface area contributed by atoms with Crippen molar-refractivity contribution < 1.29 is 9.84 Å². The Hall–Kier alpha value is -1.44. The van der Waals surface area contributed by atoms with E-state index in [0.717, 1.165) is 17.7 Å². The molecule has 1 aromatic carbocycles. The quantitative estimate of drug-likeness (QED) is 0.423. The van der Waals surface area contributed by atoms with E-state index in [2.05, 4.69) is 19.1 Å². The molecule has 1 heterocycles. The van der Waals surface area contributed by atoms with Crippen LogP contribution >= 0.6 is 0 Å². The number of benzene rings is 1. The summed E-state index contributed by atoms with van der Waals surface area (Å²) in [7, 11) is 0. The number of unbranched alkanes of at least 4 members (excludes halogenated alkanes) is 8. The normalized spacial score (nSPS) is 12.4. The minimum Gasteiger partial charge on any atom is -0.504 e. The van der Waals surface area contributed by atoms with E-state index in [1.54, 1.807) is 6.07 Å². The molecule has 0 spiro atoms. The largest absolute Gasteiger partial charge is 0.504 e. The maximum atomic E-state index is 9.39. The van der Waals surface area contributed by atoms with Crippen molar-refractivity contribution in [2.24, 2.45) is 0 Å². The van der Waals surface area contributed by atoms with Gasteiger partial charge in [0.15, 0.2) is 11.5 Å². The van der Waals surface area contributed by atoms with Gasteiger partial charge < -0.3 is 9.84 Å². The smallest absolute Gasteiger partial charge is 0.212 e. The molecule has 0 saturated carbocycles. The zero-order valence-electron chi connectivity index (χ0n) is 12.5. The topological polar surface area (TPSA) is 32.8 Å². The zero-order valence-corrected chi connectivity index (χ0v) is 12.5. The van der Waals surface area contributed by atoms with Crippen LogP contribution in [-0.2, 0) is 0 Å². The maximum Gasteiger partial charge on any atom is 0.212 e. The molecule has 1 aliphatic rings. The molecule has 0 bridgehead atoms. The lowest BCUT2D eigenvalue weighted by molar-refractivity contribution is 0.463. The third kappa shape index (κ3) is 4.59. The van der Waals surface area contributed by atoms with Crippen molar-refractivity contribution in [2.45, 2.75) is 64.7 Å². The summed E-state index contributed by atoms with van der Waals surface area (Å²) < 4.78 is 5.24. The van der Waals surface area contributed by atoms with Crippen LogP contribution in [0, 0.1) is 0 Å². The van der Waals surface area contributed by atoms with Gasteiger partial charge in [-0.2, -0.15) is 0 Å². The molecule has 1 aromatic rings. The molecule has 0 atom stereocenters. The summed E-state index contributed by atoms with van der Waals surface area (Å²) in [5.74, 6) is 1.75. The standard InChI is InChI=1S/C18H26O2/c1-2-3-4-5-6-7-8-9-10-11-12-15-13-14-16(19)18-17(15)20-18/h11-14,19H,2-10H2,1H3. The van der Waals surface area contributed by atoms with E-state index in [1.807, 2.05) is 6.07 Å². The second kappa shape index (κ2) is 7.98. The summed E-state index contributed by atoms with van der Waals surface area (Å²) in [5, 5.41) is 9.39. The van der Waals surface area contributed by atoms with Gasteiger partial charge in [0.1, 0.15) is 0 Å². The average molecular weight is 274 g/mol. The van der Waals surface area contributed by atoms with Crippen LogP contribution < -0.4 is 4.74 Å². The lowest BCUT2D eigenvalue weighted by Gasteiger charge is -1.99. The van der Waals surface area contributed by atoms with Crippen LogP contribution in [0.15, 0.2) is 18.2 Å². The van der Waals surface area contributed by atoms with Gasteiger partial charge >= 0.3 is 0 Å². The Kier molecular flexibility index (Phi) is 5.97.